The monoisotopic (exact) mass is 256 g/mol. The number of rotatable bonds is 6. The third kappa shape index (κ3) is 3.46. The molecule has 0 saturated carbocycles. The van der Waals surface area contributed by atoms with Crippen LogP contribution in [0.25, 0.3) is 0 Å². The summed E-state index contributed by atoms with van der Waals surface area (Å²) in [7, 11) is 0. The zero-order valence-electron chi connectivity index (χ0n) is 10.9. The molecule has 1 aliphatic rings. The van der Waals surface area contributed by atoms with Gasteiger partial charge in [0, 0.05) is 13.1 Å². The Balaban J connectivity index is 2.42. The number of carbonyl (C=O) groups excluding carboxylic acids is 1. The molecule has 1 N–H and O–H groups in total. The van der Waals surface area contributed by atoms with Crippen molar-refractivity contribution in [1.82, 2.24) is 9.80 Å². The molecule has 0 aromatic rings. The van der Waals surface area contributed by atoms with Gasteiger partial charge >= 0.3 is 12.0 Å². The molecule has 0 atom stereocenters. The molecule has 6 heteroatoms. The Kier molecular flexibility index (Phi) is 4.72. The van der Waals surface area contributed by atoms with Gasteiger partial charge in [-0.15, -0.1) is 6.58 Å². The Morgan fingerprint density at radius 3 is 2.61 bits per heavy atom. The molecule has 0 aromatic heterocycles. The fraction of sp³-hybridized carbons (Fsp3) is 0.667. The van der Waals surface area contributed by atoms with E-state index in [1.54, 1.807) is 15.9 Å². The number of hydrogen-bond donors (Lipinski definition) is 1. The molecule has 0 aromatic carbocycles. The van der Waals surface area contributed by atoms with Gasteiger partial charge in [-0.1, -0.05) is 6.08 Å². The number of carboxylic acids is 1. The molecule has 1 heterocycles. The van der Waals surface area contributed by atoms with Gasteiger partial charge < -0.3 is 19.6 Å². The van der Waals surface area contributed by atoms with E-state index in [0.717, 1.165) is 0 Å². The van der Waals surface area contributed by atoms with Crippen LogP contribution in [0.2, 0.25) is 0 Å². The number of nitrogens with zero attached hydrogens (tertiary/aromatic N) is 2. The average molecular weight is 256 g/mol. The average Bonchev–Trinajstić information content (AvgIpc) is 2.29. The first-order chi connectivity index (χ1) is 8.41. The lowest BCUT2D eigenvalue weighted by atomic mass is 9.97. The maximum Gasteiger partial charge on any atom is 0.329 e. The minimum atomic E-state index is -0.997. The topological polar surface area (TPSA) is 70.1 Å². The maximum atomic E-state index is 12.0. The highest BCUT2D eigenvalue weighted by molar-refractivity contribution is 5.76. The molecular weight excluding hydrogens is 236 g/mol. The molecular formula is C12H20N2O4. The quantitative estimate of drug-likeness (QED) is 0.713. The fourth-order valence-electron chi connectivity index (χ4n) is 1.92. The minimum absolute atomic E-state index is 0.0613. The van der Waals surface area contributed by atoms with Gasteiger partial charge in [-0.2, -0.15) is 0 Å². The van der Waals surface area contributed by atoms with Gasteiger partial charge in [-0.3, -0.25) is 0 Å². The lowest BCUT2D eigenvalue weighted by Crippen LogP contribution is -2.65. The smallest absolute Gasteiger partial charge is 0.329 e. The van der Waals surface area contributed by atoms with E-state index >= 15 is 0 Å². The fourth-order valence-corrected chi connectivity index (χ4v) is 1.92. The molecule has 6 nitrogen and oxygen atoms in total. The number of likely N-dealkylation sites (tertiary alicyclic amines) is 1. The highest BCUT2D eigenvalue weighted by Crippen LogP contribution is 2.25. The van der Waals surface area contributed by atoms with E-state index in [1.165, 1.54) is 0 Å². The van der Waals surface area contributed by atoms with Crippen molar-refractivity contribution >= 4 is 12.0 Å². The van der Waals surface area contributed by atoms with Crippen molar-refractivity contribution in [1.29, 1.82) is 0 Å². The summed E-state index contributed by atoms with van der Waals surface area (Å²) < 4.78 is 5.25. The van der Waals surface area contributed by atoms with E-state index in [1.807, 2.05) is 13.8 Å². The van der Waals surface area contributed by atoms with Crippen LogP contribution in [0.5, 0.6) is 0 Å². The van der Waals surface area contributed by atoms with Crippen molar-refractivity contribution in [3.05, 3.63) is 12.7 Å². The van der Waals surface area contributed by atoms with E-state index < -0.39 is 11.6 Å². The van der Waals surface area contributed by atoms with Crippen molar-refractivity contribution in [2.75, 3.05) is 32.8 Å². The maximum absolute atomic E-state index is 12.0. The number of carboxylic acid groups (broad SMARTS) is 1. The highest BCUT2D eigenvalue weighted by atomic mass is 16.5. The number of urea groups is 1. The summed E-state index contributed by atoms with van der Waals surface area (Å²) in [6, 6.07) is -0.0613. The molecule has 102 valence electrons. The molecule has 0 radical (unpaired) electrons. The summed E-state index contributed by atoms with van der Waals surface area (Å²) in [6.45, 7) is 8.97. The standard InChI is InChI=1S/C12H20N2O4/c1-4-6-13(5-2)11(17)14-8-12(3,9-14)18-7-10(15)16/h4H,1,5-9H2,2-3H3,(H,15,16). The molecule has 1 saturated heterocycles. The van der Waals surface area contributed by atoms with Crippen LogP contribution in [-0.4, -0.2) is 65.3 Å². The second-order valence-corrected chi connectivity index (χ2v) is 4.60. The first-order valence-electron chi connectivity index (χ1n) is 5.92. The first-order valence-corrected chi connectivity index (χ1v) is 5.92. The number of carbonyl (C=O) groups is 2. The van der Waals surface area contributed by atoms with Crippen molar-refractivity contribution < 1.29 is 19.4 Å². The molecule has 1 fully saturated rings. The largest absolute Gasteiger partial charge is 0.480 e. The predicted molar refractivity (Wildman–Crippen MR) is 66.4 cm³/mol. The summed E-state index contributed by atoms with van der Waals surface area (Å²) in [6.07, 6.45) is 1.68. The van der Waals surface area contributed by atoms with E-state index in [9.17, 15) is 9.59 Å². The molecule has 0 unspecified atom stereocenters. The van der Waals surface area contributed by atoms with Crippen LogP contribution in [0.4, 0.5) is 4.79 Å². The summed E-state index contributed by atoms with van der Waals surface area (Å²) in [5, 5.41) is 8.54. The summed E-state index contributed by atoms with van der Waals surface area (Å²) >= 11 is 0. The van der Waals surface area contributed by atoms with Gasteiger partial charge in [0.15, 0.2) is 0 Å². The summed E-state index contributed by atoms with van der Waals surface area (Å²) in [5.41, 5.74) is -0.540. The van der Waals surface area contributed by atoms with Crippen LogP contribution >= 0.6 is 0 Å². The third-order valence-corrected chi connectivity index (χ3v) is 2.87. The lowest BCUT2D eigenvalue weighted by molar-refractivity contribution is -0.160. The number of likely N-dealkylation sites (N-methyl/N-ethyl adjacent to an activating group) is 1. The highest BCUT2D eigenvalue weighted by Gasteiger charge is 2.43. The Hall–Kier alpha value is -1.56. The molecule has 1 aliphatic heterocycles. The third-order valence-electron chi connectivity index (χ3n) is 2.87. The summed E-state index contributed by atoms with van der Waals surface area (Å²) in [4.78, 5) is 25.7. The van der Waals surface area contributed by atoms with Crippen LogP contribution in [0.15, 0.2) is 12.7 Å². The number of hydrogen-bond acceptors (Lipinski definition) is 3. The molecule has 0 aliphatic carbocycles. The van der Waals surface area contributed by atoms with Crippen LogP contribution in [0.1, 0.15) is 13.8 Å². The zero-order valence-corrected chi connectivity index (χ0v) is 10.9. The number of aliphatic carboxylic acids is 1. The van der Waals surface area contributed by atoms with Gasteiger partial charge in [-0.05, 0) is 13.8 Å². The van der Waals surface area contributed by atoms with Gasteiger partial charge in [0.25, 0.3) is 0 Å². The van der Waals surface area contributed by atoms with Crippen LogP contribution in [-0.2, 0) is 9.53 Å². The molecule has 18 heavy (non-hydrogen) atoms. The van der Waals surface area contributed by atoms with Gasteiger partial charge in [-0.25, -0.2) is 9.59 Å². The van der Waals surface area contributed by atoms with Crippen molar-refractivity contribution in [3.8, 4) is 0 Å². The van der Waals surface area contributed by atoms with E-state index in [2.05, 4.69) is 6.58 Å². The first kappa shape index (κ1) is 14.5. The van der Waals surface area contributed by atoms with Crippen LogP contribution in [0, 0.1) is 0 Å². The zero-order chi connectivity index (χ0) is 13.8. The number of ether oxygens (including phenoxy) is 1. The Morgan fingerprint density at radius 2 is 2.17 bits per heavy atom. The van der Waals surface area contributed by atoms with Gasteiger partial charge in [0.2, 0.25) is 0 Å². The second kappa shape index (κ2) is 5.86. The van der Waals surface area contributed by atoms with Crippen molar-refractivity contribution in [2.45, 2.75) is 19.4 Å². The molecule has 1 rings (SSSR count). The predicted octanol–water partition coefficient (Wildman–Crippen LogP) is 0.790. The van der Waals surface area contributed by atoms with Crippen LogP contribution < -0.4 is 0 Å². The molecule has 0 spiro atoms. The van der Waals surface area contributed by atoms with Gasteiger partial charge in [0.1, 0.15) is 12.2 Å². The SMILES string of the molecule is C=CCN(CC)C(=O)N1CC(C)(OCC(=O)O)C1. The van der Waals surface area contributed by atoms with E-state index in [0.29, 0.717) is 26.2 Å². The number of amides is 2. The Labute approximate surface area is 107 Å². The minimum Gasteiger partial charge on any atom is -0.480 e. The Morgan fingerprint density at radius 1 is 1.56 bits per heavy atom. The van der Waals surface area contributed by atoms with E-state index in [-0.39, 0.29) is 12.6 Å². The van der Waals surface area contributed by atoms with Crippen molar-refractivity contribution in [3.63, 3.8) is 0 Å². The van der Waals surface area contributed by atoms with E-state index in [4.69, 9.17) is 9.84 Å². The van der Waals surface area contributed by atoms with Crippen molar-refractivity contribution in [2.24, 2.45) is 0 Å². The summed E-state index contributed by atoms with van der Waals surface area (Å²) in [5.74, 6) is -0.997. The lowest BCUT2D eigenvalue weighted by Gasteiger charge is -2.48. The normalized spacial score (nSPS) is 16.9. The second-order valence-electron chi connectivity index (χ2n) is 4.60. The molecule has 2 amide bonds. The van der Waals surface area contributed by atoms with Gasteiger partial charge in [0.05, 0.1) is 13.1 Å². The molecule has 0 bridgehead atoms. The Bertz CT molecular complexity index is 337. The van der Waals surface area contributed by atoms with Crippen LogP contribution in [0.3, 0.4) is 0 Å².